The van der Waals surface area contributed by atoms with E-state index < -0.39 is 16.0 Å². The van der Waals surface area contributed by atoms with Gasteiger partial charge in [0.15, 0.2) is 0 Å². The molecule has 28 heavy (non-hydrogen) atoms. The van der Waals surface area contributed by atoms with E-state index in [1.165, 1.54) is 0 Å². The van der Waals surface area contributed by atoms with Crippen molar-refractivity contribution >= 4 is 26.8 Å². The molecule has 2 aliphatic rings. The molecule has 2 saturated heterocycles. The molecule has 0 aliphatic carbocycles. The zero-order valence-electron chi connectivity index (χ0n) is 15.8. The Labute approximate surface area is 165 Å². The van der Waals surface area contributed by atoms with Gasteiger partial charge in [-0.15, -0.1) is 0 Å². The van der Waals surface area contributed by atoms with Crippen LogP contribution in [0.1, 0.15) is 25.7 Å². The number of carboxylic acids is 1. The molecule has 6 nitrogen and oxygen atoms in total. The molecule has 2 aliphatic heterocycles. The molecule has 0 bridgehead atoms. The maximum atomic E-state index is 13.2. The maximum absolute atomic E-state index is 13.2. The highest BCUT2D eigenvalue weighted by Crippen LogP contribution is 2.29. The average molecular weight is 403 g/mol. The van der Waals surface area contributed by atoms with Crippen LogP contribution in [0.4, 0.5) is 0 Å². The molecular formula is C21H26N2O4S. The van der Waals surface area contributed by atoms with Crippen molar-refractivity contribution in [3.63, 3.8) is 0 Å². The molecule has 2 fully saturated rings. The topological polar surface area (TPSA) is 77.9 Å². The number of hydrogen-bond donors (Lipinski definition) is 1. The van der Waals surface area contributed by atoms with Gasteiger partial charge in [-0.05, 0) is 50.2 Å². The van der Waals surface area contributed by atoms with Gasteiger partial charge in [0.25, 0.3) is 0 Å². The number of hydrogen-bond acceptors (Lipinski definition) is 4. The van der Waals surface area contributed by atoms with Crippen LogP contribution in [-0.4, -0.2) is 60.9 Å². The van der Waals surface area contributed by atoms with E-state index in [0.29, 0.717) is 36.9 Å². The minimum absolute atomic E-state index is 0.233. The molecule has 0 amide bonds. The van der Waals surface area contributed by atoms with Crippen molar-refractivity contribution in [3.05, 3.63) is 42.5 Å². The van der Waals surface area contributed by atoms with E-state index in [1.54, 1.807) is 16.4 Å². The Morgan fingerprint density at radius 1 is 0.893 bits per heavy atom. The molecule has 0 spiro atoms. The highest BCUT2D eigenvalue weighted by molar-refractivity contribution is 7.89. The summed E-state index contributed by atoms with van der Waals surface area (Å²) in [6.07, 6.45) is 2.96. The number of carboxylic acid groups (broad SMARTS) is 1. The number of sulfonamides is 1. The highest BCUT2D eigenvalue weighted by atomic mass is 32.2. The summed E-state index contributed by atoms with van der Waals surface area (Å²) in [6.45, 7) is 2.60. The summed E-state index contributed by atoms with van der Waals surface area (Å²) < 4.78 is 28.1. The predicted octanol–water partition coefficient (Wildman–Crippen LogP) is 2.79. The molecule has 0 radical (unpaired) electrons. The fraction of sp³-hybridized carbons (Fsp3) is 0.476. The van der Waals surface area contributed by atoms with E-state index in [-0.39, 0.29) is 5.92 Å². The summed E-state index contributed by atoms with van der Waals surface area (Å²) >= 11 is 0. The van der Waals surface area contributed by atoms with Crippen LogP contribution in [0.2, 0.25) is 0 Å². The van der Waals surface area contributed by atoms with Crippen molar-refractivity contribution in [3.8, 4) is 0 Å². The fourth-order valence-corrected chi connectivity index (χ4v) is 6.20. The van der Waals surface area contributed by atoms with E-state index in [4.69, 9.17) is 5.11 Å². The number of carbonyl (C=O) groups is 1. The summed E-state index contributed by atoms with van der Waals surface area (Å²) in [5.41, 5.74) is 0. The molecule has 150 valence electrons. The second-order valence-corrected chi connectivity index (χ2v) is 9.67. The molecule has 2 heterocycles. The van der Waals surface area contributed by atoms with Crippen molar-refractivity contribution in [2.75, 3.05) is 26.2 Å². The third kappa shape index (κ3) is 3.66. The van der Waals surface area contributed by atoms with Crippen LogP contribution in [0.3, 0.4) is 0 Å². The lowest BCUT2D eigenvalue weighted by molar-refractivity contribution is -0.143. The molecule has 7 heteroatoms. The van der Waals surface area contributed by atoms with Gasteiger partial charge in [-0.1, -0.05) is 36.4 Å². The zero-order chi connectivity index (χ0) is 19.7. The van der Waals surface area contributed by atoms with Crippen LogP contribution in [0, 0.1) is 5.92 Å². The van der Waals surface area contributed by atoms with Crippen LogP contribution in [0.5, 0.6) is 0 Å². The molecule has 2 aromatic rings. The number of likely N-dealkylation sites (tertiary alicyclic amines) is 1. The van der Waals surface area contributed by atoms with Crippen LogP contribution in [0.25, 0.3) is 10.8 Å². The summed E-state index contributed by atoms with van der Waals surface area (Å²) in [5.74, 6) is -0.932. The molecule has 4 rings (SSSR count). The molecule has 0 atom stereocenters. The Bertz CT molecular complexity index is 954. The summed E-state index contributed by atoms with van der Waals surface area (Å²) in [6, 6.07) is 13.3. The van der Waals surface area contributed by atoms with Crippen LogP contribution in [-0.2, 0) is 14.8 Å². The number of benzene rings is 2. The Kier molecular flexibility index (Phi) is 5.40. The third-order valence-corrected chi connectivity index (χ3v) is 8.14. The quantitative estimate of drug-likeness (QED) is 0.851. The van der Waals surface area contributed by atoms with Crippen LogP contribution < -0.4 is 0 Å². The Morgan fingerprint density at radius 2 is 1.54 bits per heavy atom. The van der Waals surface area contributed by atoms with Crippen LogP contribution >= 0.6 is 0 Å². The minimum Gasteiger partial charge on any atom is -0.481 e. The van der Waals surface area contributed by atoms with Gasteiger partial charge in [0.1, 0.15) is 0 Å². The van der Waals surface area contributed by atoms with E-state index in [9.17, 15) is 13.2 Å². The van der Waals surface area contributed by atoms with Crippen molar-refractivity contribution in [2.24, 2.45) is 5.92 Å². The second kappa shape index (κ2) is 7.81. The van der Waals surface area contributed by atoms with Gasteiger partial charge in [0.05, 0.1) is 10.8 Å². The summed E-state index contributed by atoms with van der Waals surface area (Å²) in [5, 5.41) is 10.8. The largest absolute Gasteiger partial charge is 0.481 e. The number of rotatable bonds is 4. The van der Waals surface area contributed by atoms with E-state index >= 15 is 0 Å². The summed E-state index contributed by atoms with van der Waals surface area (Å²) in [4.78, 5) is 13.9. The molecule has 1 N–H and O–H groups in total. The van der Waals surface area contributed by atoms with Gasteiger partial charge in [-0.25, -0.2) is 8.42 Å². The maximum Gasteiger partial charge on any atom is 0.306 e. The SMILES string of the molecule is O=C(O)C1CCN(C2CCN(S(=O)(=O)c3cccc4ccccc34)CC2)CC1. The van der Waals surface area contributed by atoms with Gasteiger partial charge in [-0.2, -0.15) is 4.31 Å². The molecule has 0 unspecified atom stereocenters. The lowest BCUT2D eigenvalue weighted by Crippen LogP contribution is -2.49. The second-order valence-electron chi connectivity index (χ2n) is 7.76. The lowest BCUT2D eigenvalue weighted by atomic mass is 9.94. The fourth-order valence-electron chi connectivity index (χ4n) is 4.52. The summed E-state index contributed by atoms with van der Waals surface area (Å²) in [7, 11) is -3.53. The Balaban J connectivity index is 1.44. The highest BCUT2D eigenvalue weighted by Gasteiger charge is 2.34. The number of aliphatic carboxylic acids is 1. The monoisotopic (exact) mass is 402 g/mol. The molecule has 0 aromatic heterocycles. The number of fused-ring (bicyclic) bond motifs is 1. The van der Waals surface area contributed by atoms with E-state index in [2.05, 4.69) is 4.90 Å². The first-order chi connectivity index (χ1) is 13.5. The third-order valence-electron chi connectivity index (χ3n) is 6.19. The van der Waals surface area contributed by atoms with Gasteiger partial charge in [-0.3, -0.25) is 4.79 Å². The van der Waals surface area contributed by atoms with E-state index in [1.807, 2.05) is 30.3 Å². The first-order valence-corrected chi connectivity index (χ1v) is 11.4. The van der Waals surface area contributed by atoms with Crippen LogP contribution in [0.15, 0.2) is 47.4 Å². The number of nitrogens with zero attached hydrogens (tertiary/aromatic N) is 2. The van der Waals surface area contributed by atoms with Gasteiger partial charge in [0.2, 0.25) is 10.0 Å². The van der Waals surface area contributed by atoms with Gasteiger partial charge >= 0.3 is 5.97 Å². The first kappa shape index (κ1) is 19.4. The zero-order valence-corrected chi connectivity index (χ0v) is 16.6. The lowest BCUT2D eigenvalue weighted by Gasteiger charge is -2.40. The van der Waals surface area contributed by atoms with E-state index in [0.717, 1.165) is 36.7 Å². The average Bonchev–Trinajstić information content (AvgIpc) is 2.73. The minimum atomic E-state index is -3.53. The smallest absolute Gasteiger partial charge is 0.306 e. The molecule has 2 aromatic carbocycles. The Hall–Kier alpha value is -1.96. The normalized spacial score (nSPS) is 21.1. The Morgan fingerprint density at radius 3 is 2.21 bits per heavy atom. The van der Waals surface area contributed by atoms with Gasteiger partial charge < -0.3 is 10.0 Å². The molecule has 0 saturated carbocycles. The van der Waals surface area contributed by atoms with Crippen molar-refractivity contribution in [2.45, 2.75) is 36.6 Å². The number of piperidine rings is 2. The van der Waals surface area contributed by atoms with Crippen molar-refractivity contribution < 1.29 is 18.3 Å². The first-order valence-electron chi connectivity index (χ1n) is 9.91. The standard InChI is InChI=1S/C21H26N2O4S/c24-21(25)17-8-12-22(13-9-17)18-10-14-23(15-11-18)28(26,27)20-7-3-5-16-4-1-2-6-19(16)20/h1-7,17-18H,8-15H2,(H,24,25). The van der Waals surface area contributed by atoms with Gasteiger partial charge in [0, 0.05) is 24.5 Å². The van der Waals surface area contributed by atoms with Crippen molar-refractivity contribution in [1.82, 2.24) is 9.21 Å². The van der Waals surface area contributed by atoms with Crippen molar-refractivity contribution in [1.29, 1.82) is 0 Å². The molecular weight excluding hydrogens is 376 g/mol. The predicted molar refractivity (Wildman–Crippen MR) is 108 cm³/mol.